The fraction of sp³-hybridized carbons (Fsp3) is 0.769. The second-order valence-corrected chi connectivity index (χ2v) is 6.80. The molecule has 1 unspecified atom stereocenters. The molecule has 0 aromatic carbocycles. The summed E-state index contributed by atoms with van der Waals surface area (Å²) in [6.07, 6.45) is 0.914. The Morgan fingerprint density at radius 1 is 1.40 bits per heavy atom. The predicted octanol–water partition coefficient (Wildman–Crippen LogP) is 2.16. The number of carbonyl (C=O) groups excluding carboxylic acids is 1. The number of hydrogen-bond donors (Lipinski definition) is 1. The molecule has 0 aromatic rings. The van der Waals surface area contributed by atoms with Crippen LogP contribution in [-0.4, -0.2) is 37.1 Å². The Bertz CT molecular complexity index is 438. The maximum absolute atomic E-state index is 12.0. The van der Waals surface area contributed by atoms with Gasteiger partial charge in [-0.1, -0.05) is 25.5 Å². The van der Waals surface area contributed by atoms with E-state index in [0.717, 1.165) is 5.57 Å². The van der Waals surface area contributed by atoms with E-state index in [2.05, 4.69) is 6.58 Å². The summed E-state index contributed by atoms with van der Waals surface area (Å²) in [5.74, 6) is -3.42. The molecule has 7 heteroatoms. The lowest BCUT2D eigenvalue weighted by Crippen LogP contribution is -2.36. The minimum absolute atomic E-state index is 0.233. The topological polar surface area (TPSA) is 89.9 Å². The molecular weight excluding hydrogens is 284 g/mol. The third-order valence-corrected chi connectivity index (χ3v) is 3.22. The molecule has 1 N–H and O–H groups in total. The lowest BCUT2D eigenvalue weighted by Gasteiger charge is -2.27. The second-order valence-electron chi connectivity index (χ2n) is 5.30. The van der Waals surface area contributed by atoms with E-state index in [1.807, 2.05) is 6.92 Å². The summed E-state index contributed by atoms with van der Waals surface area (Å²) in [5, 5.41) is 0. The van der Waals surface area contributed by atoms with Gasteiger partial charge in [-0.3, -0.25) is 9.35 Å². The van der Waals surface area contributed by atoms with E-state index in [0.29, 0.717) is 12.8 Å². The zero-order valence-corrected chi connectivity index (χ0v) is 13.3. The minimum Gasteiger partial charge on any atom is -0.433 e. The fourth-order valence-electron chi connectivity index (χ4n) is 1.52. The molecule has 0 heterocycles. The Kier molecular flexibility index (Phi) is 7.40. The fourth-order valence-corrected chi connectivity index (χ4v) is 2.34. The molecule has 0 amide bonds. The molecule has 118 valence electrons. The molecule has 0 saturated carbocycles. The van der Waals surface area contributed by atoms with Crippen LogP contribution >= 0.6 is 0 Å². The van der Waals surface area contributed by atoms with Gasteiger partial charge in [0.2, 0.25) is 5.79 Å². The van der Waals surface area contributed by atoms with Gasteiger partial charge in [0.05, 0.1) is 18.3 Å². The Labute approximate surface area is 120 Å². The molecule has 20 heavy (non-hydrogen) atoms. The third-order valence-electron chi connectivity index (χ3n) is 2.39. The Morgan fingerprint density at radius 3 is 2.35 bits per heavy atom. The molecule has 0 rings (SSSR count). The van der Waals surface area contributed by atoms with Crippen molar-refractivity contribution >= 4 is 16.1 Å². The van der Waals surface area contributed by atoms with E-state index < -0.39 is 33.5 Å². The van der Waals surface area contributed by atoms with Gasteiger partial charge in [-0.05, 0) is 13.3 Å². The summed E-state index contributed by atoms with van der Waals surface area (Å²) in [6, 6.07) is 0. The zero-order chi connectivity index (χ0) is 16.0. The standard InChI is InChI=1S/C13H24O6S/c1-6-7-11(9-20(15,16)17)12(14)19-13(4,5)18-8-10(2)3/h11H,2,6-9H2,1,3-5H3,(H,15,16,17). The van der Waals surface area contributed by atoms with Crippen LogP contribution in [0.5, 0.6) is 0 Å². The van der Waals surface area contributed by atoms with Crippen LogP contribution in [0.15, 0.2) is 12.2 Å². The van der Waals surface area contributed by atoms with E-state index in [1.54, 1.807) is 20.8 Å². The summed E-state index contributed by atoms with van der Waals surface area (Å²) < 4.78 is 41.2. The van der Waals surface area contributed by atoms with E-state index in [9.17, 15) is 13.2 Å². The molecular formula is C13H24O6S. The van der Waals surface area contributed by atoms with Gasteiger partial charge in [-0.15, -0.1) is 0 Å². The normalized spacial score (nSPS) is 13.8. The van der Waals surface area contributed by atoms with Crippen LogP contribution in [0.25, 0.3) is 0 Å². The van der Waals surface area contributed by atoms with Crippen LogP contribution in [0.2, 0.25) is 0 Å². The van der Waals surface area contributed by atoms with Crippen molar-refractivity contribution in [2.75, 3.05) is 12.4 Å². The molecule has 0 aliphatic heterocycles. The zero-order valence-electron chi connectivity index (χ0n) is 12.5. The first-order valence-corrected chi connectivity index (χ1v) is 8.04. The van der Waals surface area contributed by atoms with Crippen LogP contribution in [0.3, 0.4) is 0 Å². The number of esters is 1. The van der Waals surface area contributed by atoms with Crippen LogP contribution < -0.4 is 0 Å². The van der Waals surface area contributed by atoms with Gasteiger partial charge in [0.15, 0.2) is 0 Å². The highest BCUT2D eigenvalue weighted by atomic mass is 32.2. The second kappa shape index (κ2) is 7.75. The smallest absolute Gasteiger partial charge is 0.312 e. The highest BCUT2D eigenvalue weighted by Crippen LogP contribution is 2.19. The molecule has 6 nitrogen and oxygen atoms in total. The summed E-state index contributed by atoms with van der Waals surface area (Å²) in [4.78, 5) is 12.0. The molecule has 0 spiro atoms. The van der Waals surface area contributed by atoms with Gasteiger partial charge in [0, 0.05) is 13.8 Å². The van der Waals surface area contributed by atoms with Gasteiger partial charge in [0.1, 0.15) is 0 Å². The van der Waals surface area contributed by atoms with Gasteiger partial charge in [-0.25, -0.2) is 0 Å². The Morgan fingerprint density at radius 2 is 1.95 bits per heavy atom. The number of ether oxygens (including phenoxy) is 2. The minimum atomic E-state index is -4.23. The van der Waals surface area contributed by atoms with Crippen molar-refractivity contribution in [3.8, 4) is 0 Å². The first kappa shape index (κ1) is 19.1. The van der Waals surface area contributed by atoms with Crippen LogP contribution in [0, 0.1) is 5.92 Å². The summed E-state index contributed by atoms with van der Waals surface area (Å²) in [7, 11) is -4.23. The van der Waals surface area contributed by atoms with Gasteiger partial charge >= 0.3 is 5.97 Å². The number of carbonyl (C=O) groups is 1. The molecule has 0 aliphatic carbocycles. The molecule has 0 aliphatic rings. The van der Waals surface area contributed by atoms with Crippen LogP contribution in [0.1, 0.15) is 40.5 Å². The van der Waals surface area contributed by atoms with Crippen LogP contribution in [-0.2, 0) is 24.4 Å². The van der Waals surface area contributed by atoms with E-state index in [4.69, 9.17) is 14.0 Å². The Hall–Kier alpha value is -0.920. The number of hydrogen-bond acceptors (Lipinski definition) is 5. The quantitative estimate of drug-likeness (QED) is 0.304. The molecule has 0 bridgehead atoms. The predicted molar refractivity (Wildman–Crippen MR) is 75.8 cm³/mol. The largest absolute Gasteiger partial charge is 0.433 e. The van der Waals surface area contributed by atoms with E-state index in [-0.39, 0.29) is 6.61 Å². The lowest BCUT2D eigenvalue weighted by molar-refractivity contribution is -0.216. The average molecular weight is 308 g/mol. The van der Waals surface area contributed by atoms with E-state index >= 15 is 0 Å². The van der Waals surface area contributed by atoms with Crippen molar-refractivity contribution in [1.82, 2.24) is 0 Å². The average Bonchev–Trinajstić information content (AvgIpc) is 2.23. The maximum atomic E-state index is 12.0. The summed E-state index contributed by atoms with van der Waals surface area (Å²) in [5.41, 5.74) is 0.775. The van der Waals surface area contributed by atoms with Crippen LogP contribution in [0.4, 0.5) is 0 Å². The number of rotatable bonds is 9. The molecule has 0 saturated heterocycles. The molecule has 0 radical (unpaired) electrons. The van der Waals surface area contributed by atoms with E-state index in [1.165, 1.54) is 0 Å². The van der Waals surface area contributed by atoms with Gasteiger partial charge < -0.3 is 9.47 Å². The van der Waals surface area contributed by atoms with Crippen molar-refractivity contribution in [2.45, 2.75) is 46.3 Å². The Balaban J connectivity index is 4.70. The maximum Gasteiger partial charge on any atom is 0.312 e. The van der Waals surface area contributed by atoms with Crippen molar-refractivity contribution in [3.63, 3.8) is 0 Å². The third kappa shape index (κ3) is 9.06. The van der Waals surface area contributed by atoms with Gasteiger partial charge in [0.25, 0.3) is 10.1 Å². The van der Waals surface area contributed by atoms with Gasteiger partial charge in [-0.2, -0.15) is 8.42 Å². The highest BCUT2D eigenvalue weighted by molar-refractivity contribution is 7.85. The molecule has 1 atom stereocenters. The van der Waals surface area contributed by atoms with Crippen molar-refractivity contribution < 1.29 is 27.2 Å². The highest BCUT2D eigenvalue weighted by Gasteiger charge is 2.31. The monoisotopic (exact) mass is 308 g/mol. The first-order chi connectivity index (χ1) is 8.97. The summed E-state index contributed by atoms with van der Waals surface area (Å²) in [6.45, 7) is 10.6. The first-order valence-electron chi connectivity index (χ1n) is 6.43. The van der Waals surface area contributed by atoms with Crippen molar-refractivity contribution in [2.24, 2.45) is 5.92 Å². The molecule has 0 fully saturated rings. The lowest BCUT2D eigenvalue weighted by atomic mass is 10.1. The molecule has 0 aromatic heterocycles. The SMILES string of the molecule is C=C(C)COC(C)(C)OC(=O)C(CCC)CS(=O)(=O)O. The van der Waals surface area contributed by atoms with Crippen molar-refractivity contribution in [3.05, 3.63) is 12.2 Å². The van der Waals surface area contributed by atoms with Crippen molar-refractivity contribution in [1.29, 1.82) is 0 Å². The summed E-state index contributed by atoms with van der Waals surface area (Å²) >= 11 is 0.